The Labute approximate surface area is 162 Å². The zero-order chi connectivity index (χ0) is 17.1. The molecule has 0 aliphatic heterocycles. The number of hydrogen-bond donors (Lipinski definition) is 2. The first-order chi connectivity index (χ1) is 11.6. The molecule has 3 aromatic rings. The van der Waals surface area contributed by atoms with Crippen LogP contribution in [-0.2, 0) is 0 Å². The van der Waals surface area contributed by atoms with Crippen molar-refractivity contribution in [2.24, 2.45) is 0 Å². The normalized spacial score (nSPS) is 10.4. The van der Waals surface area contributed by atoms with E-state index in [0.717, 1.165) is 33.6 Å². The van der Waals surface area contributed by atoms with Gasteiger partial charge in [0.05, 0.1) is 35.0 Å². The van der Waals surface area contributed by atoms with E-state index in [0.29, 0.717) is 16.6 Å². The maximum atomic E-state index is 9.10. The number of halogens is 3. The molecule has 0 aliphatic carbocycles. The quantitative estimate of drug-likeness (QED) is 0.631. The fraction of sp³-hybridized carbons (Fsp3) is 0.167. The van der Waals surface area contributed by atoms with E-state index in [4.69, 9.17) is 38.0 Å². The van der Waals surface area contributed by atoms with E-state index in [1.807, 2.05) is 30.3 Å². The second kappa shape index (κ2) is 8.59. The number of methoxy groups -OCH3 is 1. The molecule has 132 valence electrons. The summed E-state index contributed by atoms with van der Waals surface area (Å²) < 4.78 is 5.28. The van der Waals surface area contributed by atoms with Crippen LogP contribution in [0, 0.1) is 0 Å². The Morgan fingerprint density at radius 2 is 1.88 bits per heavy atom. The topological polar surface area (TPSA) is 54.4 Å². The molecule has 3 rings (SSSR count). The van der Waals surface area contributed by atoms with Gasteiger partial charge in [-0.25, -0.2) is 4.98 Å². The van der Waals surface area contributed by atoms with Crippen LogP contribution in [0.3, 0.4) is 0 Å². The summed E-state index contributed by atoms with van der Waals surface area (Å²) in [5.41, 5.74) is 3.30. The molecule has 4 nitrogen and oxygen atoms in total. The molecule has 0 aliphatic rings. The fourth-order valence-corrected chi connectivity index (χ4v) is 2.77. The summed E-state index contributed by atoms with van der Waals surface area (Å²) in [5, 5.41) is 14.3. The van der Waals surface area contributed by atoms with E-state index in [9.17, 15) is 0 Å². The third kappa shape index (κ3) is 4.28. The van der Waals surface area contributed by atoms with E-state index in [-0.39, 0.29) is 19.0 Å². The Bertz CT molecular complexity index is 888. The summed E-state index contributed by atoms with van der Waals surface area (Å²) in [4.78, 5) is 4.71. The number of nitrogens with zero attached hydrogens (tertiary/aromatic N) is 1. The molecular weight excluding hydrogens is 383 g/mol. The molecule has 2 N–H and O–H groups in total. The van der Waals surface area contributed by atoms with Crippen molar-refractivity contribution in [3.63, 3.8) is 0 Å². The lowest BCUT2D eigenvalue weighted by atomic mass is 10.1. The minimum atomic E-state index is 0. The van der Waals surface area contributed by atoms with Crippen molar-refractivity contribution in [3.8, 4) is 17.0 Å². The third-order valence-electron chi connectivity index (χ3n) is 3.66. The number of nitrogens with one attached hydrogen (secondary N) is 1. The van der Waals surface area contributed by atoms with Gasteiger partial charge in [0.1, 0.15) is 5.75 Å². The fourth-order valence-electron chi connectivity index (χ4n) is 2.48. The van der Waals surface area contributed by atoms with Gasteiger partial charge in [0.2, 0.25) is 0 Å². The van der Waals surface area contributed by atoms with Gasteiger partial charge in [-0.3, -0.25) is 0 Å². The summed E-state index contributed by atoms with van der Waals surface area (Å²) in [5.74, 6) is 0.731. The standard InChI is InChI=1S/C18H16Cl2N2O2.ClH/c1-24-12-3-4-13-17(21-6-7-23)10-16(22-18(13)9-12)11-2-5-14(19)15(20)8-11;/h2-5,8-10,23H,6-7H2,1H3,(H,21,22);1H. The van der Waals surface area contributed by atoms with Crippen molar-refractivity contribution in [2.75, 3.05) is 25.6 Å². The van der Waals surface area contributed by atoms with E-state index < -0.39 is 0 Å². The number of ether oxygens (including phenoxy) is 1. The zero-order valence-corrected chi connectivity index (χ0v) is 15.8. The molecule has 1 aromatic heterocycles. The minimum absolute atomic E-state index is 0. The Kier molecular flexibility index (Phi) is 6.73. The van der Waals surface area contributed by atoms with Crippen LogP contribution in [0.25, 0.3) is 22.2 Å². The van der Waals surface area contributed by atoms with Crippen LogP contribution in [0.15, 0.2) is 42.5 Å². The first kappa shape index (κ1) is 19.6. The highest BCUT2D eigenvalue weighted by molar-refractivity contribution is 6.42. The average molecular weight is 400 g/mol. The molecule has 0 bridgehead atoms. The number of aliphatic hydroxyl groups is 1. The molecule has 0 atom stereocenters. The first-order valence-corrected chi connectivity index (χ1v) is 8.17. The van der Waals surface area contributed by atoms with Crippen molar-refractivity contribution in [2.45, 2.75) is 0 Å². The Morgan fingerprint density at radius 3 is 2.56 bits per heavy atom. The largest absolute Gasteiger partial charge is 0.497 e. The number of anilines is 1. The average Bonchev–Trinajstić information content (AvgIpc) is 2.61. The predicted molar refractivity (Wildman–Crippen MR) is 107 cm³/mol. The first-order valence-electron chi connectivity index (χ1n) is 7.41. The molecule has 7 heteroatoms. The van der Waals surface area contributed by atoms with E-state index >= 15 is 0 Å². The van der Waals surface area contributed by atoms with Crippen LogP contribution >= 0.6 is 35.6 Å². The molecule has 0 amide bonds. The van der Waals surface area contributed by atoms with Crippen molar-refractivity contribution >= 4 is 52.2 Å². The SMILES string of the molecule is COc1ccc2c(NCCO)cc(-c3ccc(Cl)c(Cl)c3)nc2c1.Cl. The molecule has 0 fully saturated rings. The highest BCUT2D eigenvalue weighted by Crippen LogP contribution is 2.33. The molecule has 2 aromatic carbocycles. The summed E-state index contributed by atoms with van der Waals surface area (Å²) in [7, 11) is 1.62. The minimum Gasteiger partial charge on any atom is -0.497 e. The predicted octanol–water partition coefficient (Wildman–Crippen LogP) is 5.04. The highest BCUT2D eigenvalue weighted by atomic mass is 35.5. The second-order valence-electron chi connectivity index (χ2n) is 5.22. The zero-order valence-electron chi connectivity index (χ0n) is 13.4. The van der Waals surface area contributed by atoms with Gasteiger partial charge in [0.25, 0.3) is 0 Å². The van der Waals surface area contributed by atoms with E-state index in [2.05, 4.69) is 5.32 Å². The number of aromatic nitrogens is 1. The number of benzene rings is 2. The summed E-state index contributed by atoms with van der Waals surface area (Å²) in [6, 6.07) is 13.0. The van der Waals surface area contributed by atoms with Crippen LogP contribution in [0.4, 0.5) is 5.69 Å². The van der Waals surface area contributed by atoms with Crippen molar-refractivity contribution < 1.29 is 9.84 Å². The number of pyridine rings is 1. The lowest BCUT2D eigenvalue weighted by molar-refractivity contribution is 0.311. The van der Waals surface area contributed by atoms with Gasteiger partial charge in [-0.15, -0.1) is 12.4 Å². The maximum absolute atomic E-state index is 9.10. The van der Waals surface area contributed by atoms with Gasteiger partial charge >= 0.3 is 0 Å². The molecule has 0 saturated heterocycles. The van der Waals surface area contributed by atoms with Gasteiger partial charge in [0.15, 0.2) is 0 Å². The third-order valence-corrected chi connectivity index (χ3v) is 4.40. The molecule has 0 spiro atoms. The molecule has 1 heterocycles. The summed E-state index contributed by atoms with van der Waals surface area (Å²) in [6.45, 7) is 0.494. The Hall–Kier alpha value is -1.72. The number of aliphatic hydroxyl groups excluding tert-OH is 1. The smallest absolute Gasteiger partial charge is 0.121 e. The van der Waals surface area contributed by atoms with Gasteiger partial charge in [-0.1, -0.05) is 29.3 Å². The van der Waals surface area contributed by atoms with E-state index in [1.165, 1.54) is 0 Å². The molecule has 0 unspecified atom stereocenters. The molecule has 0 saturated carbocycles. The number of hydrogen-bond acceptors (Lipinski definition) is 4. The van der Waals surface area contributed by atoms with Crippen LogP contribution < -0.4 is 10.1 Å². The van der Waals surface area contributed by atoms with Gasteiger partial charge in [-0.05, 0) is 30.3 Å². The van der Waals surface area contributed by atoms with Crippen LogP contribution in [0.1, 0.15) is 0 Å². The van der Waals surface area contributed by atoms with Crippen LogP contribution in [0.2, 0.25) is 10.0 Å². The Balaban J connectivity index is 0.00000225. The number of rotatable bonds is 5. The van der Waals surface area contributed by atoms with Crippen molar-refractivity contribution in [3.05, 3.63) is 52.5 Å². The molecule has 25 heavy (non-hydrogen) atoms. The Morgan fingerprint density at radius 1 is 1.08 bits per heavy atom. The van der Waals surface area contributed by atoms with Gasteiger partial charge in [-0.2, -0.15) is 0 Å². The summed E-state index contributed by atoms with van der Waals surface area (Å²) >= 11 is 12.1. The number of fused-ring (bicyclic) bond motifs is 1. The van der Waals surface area contributed by atoms with Crippen molar-refractivity contribution in [1.29, 1.82) is 0 Å². The lowest BCUT2D eigenvalue weighted by Crippen LogP contribution is -2.06. The molecule has 0 radical (unpaired) electrons. The lowest BCUT2D eigenvalue weighted by Gasteiger charge is -2.12. The van der Waals surface area contributed by atoms with Crippen LogP contribution in [0.5, 0.6) is 5.75 Å². The van der Waals surface area contributed by atoms with Gasteiger partial charge in [0, 0.05) is 29.2 Å². The molecular formula is C18H17Cl3N2O2. The maximum Gasteiger partial charge on any atom is 0.121 e. The second-order valence-corrected chi connectivity index (χ2v) is 6.03. The van der Waals surface area contributed by atoms with Crippen LogP contribution in [-0.4, -0.2) is 30.4 Å². The van der Waals surface area contributed by atoms with E-state index in [1.54, 1.807) is 19.2 Å². The van der Waals surface area contributed by atoms with Gasteiger partial charge < -0.3 is 15.2 Å². The highest BCUT2D eigenvalue weighted by Gasteiger charge is 2.10. The monoisotopic (exact) mass is 398 g/mol. The van der Waals surface area contributed by atoms with Crippen molar-refractivity contribution in [1.82, 2.24) is 4.98 Å². The summed E-state index contributed by atoms with van der Waals surface area (Å²) in [6.07, 6.45) is 0.